The van der Waals surface area contributed by atoms with Crippen molar-refractivity contribution in [1.82, 2.24) is 5.32 Å². The van der Waals surface area contributed by atoms with Crippen LogP contribution in [0.5, 0.6) is 0 Å². The zero-order valence-electron chi connectivity index (χ0n) is 11.4. The molecule has 2 unspecified atom stereocenters. The van der Waals surface area contributed by atoms with Crippen LogP contribution in [0.4, 0.5) is 10.1 Å². The van der Waals surface area contributed by atoms with Gasteiger partial charge in [-0.2, -0.15) is 0 Å². The van der Waals surface area contributed by atoms with Crippen molar-refractivity contribution in [2.24, 2.45) is 5.92 Å². The third-order valence-corrected chi connectivity index (χ3v) is 3.86. The summed E-state index contributed by atoms with van der Waals surface area (Å²) in [4.78, 5) is 22.4. The van der Waals surface area contributed by atoms with Crippen LogP contribution in [0.15, 0.2) is 18.2 Å². The number of hydrogen-bond donors (Lipinski definition) is 2. The molecular weight excluding hydrogens is 279 g/mol. The van der Waals surface area contributed by atoms with Crippen LogP contribution in [0.25, 0.3) is 0 Å². The normalized spacial score (nSPS) is 21.8. The van der Waals surface area contributed by atoms with E-state index in [1.807, 2.05) is 0 Å². The van der Waals surface area contributed by atoms with Crippen LogP contribution in [0.3, 0.4) is 0 Å². The molecule has 0 bridgehead atoms. The topological polar surface area (TPSA) is 92.5 Å². The predicted octanol–water partition coefficient (Wildman–Crippen LogP) is 2.01. The van der Waals surface area contributed by atoms with Crippen molar-refractivity contribution in [3.8, 4) is 0 Å². The number of amides is 1. The highest BCUT2D eigenvalue weighted by atomic mass is 19.1. The van der Waals surface area contributed by atoms with E-state index < -0.39 is 22.3 Å². The lowest BCUT2D eigenvalue weighted by Crippen LogP contribution is -2.43. The van der Waals surface area contributed by atoms with Crippen LogP contribution in [-0.2, 0) is 0 Å². The van der Waals surface area contributed by atoms with Crippen LogP contribution in [0, 0.1) is 21.8 Å². The molecule has 1 aromatic rings. The molecule has 1 saturated carbocycles. The summed E-state index contributed by atoms with van der Waals surface area (Å²) in [5, 5.41) is 22.9. The summed E-state index contributed by atoms with van der Waals surface area (Å²) in [6, 6.07) is 2.56. The van der Waals surface area contributed by atoms with Gasteiger partial charge in [0.2, 0.25) is 0 Å². The summed E-state index contributed by atoms with van der Waals surface area (Å²) >= 11 is 0. The molecule has 6 nitrogen and oxygen atoms in total. The van der Waals surface area contributed by atoms with Crippen molar-refractivity contribution in [2.75, 3.05) is 6.61 Å². The Labute approximate surface area is 121 Å². The quantitative estimate of drug-likeness (QED) is 0.656. The van der Waals surface area contributed by atoms with Gasteiger partial charge in [-0.25, -0.2) is 4.39 Å². The first-order chi connectivity index (χ1) is 10.0. The minimum absolute atomic E-state index is 0.0454. The maximum Gasteiger partial charge on any atom is 0.282 e. The minimum Gasteiger partial charge on any atom is -0.396 e. The second-order valence-corrected chi connectivity index (χ2v) is 5.23. The summed E-state index contributed by atoms with van der Waals surface area (Å²) in [6.45, 7) is -0.0454. The largest absolute Gasteiger partial charge is 0.396 e. The first kappa shape index (κ1) is 15.4. The van der Waals surface area contributed by atoms with Crippen LogP contribution in [0.1, 0.15) is 36.0 Å². The zero-order chi connectivity index (χ0) is 15.4. The van der Waals surface area contributed by atoms with Crippen LogP contribution in [-0.4, -0.2) is 28.6 Å². The lowest BCUT2D eigenvalue weighted by atomic mass is 9.85. The zero-order valence-corrected chi connectivity index (χ0v) is 11.4. The molecule has 0 aliphatic heterocycles. The number of benzene rings is 1. The van der Waals surface area contributed by atoms with Crippen LogP contribution in [0.2, 0.25) is 0 Å². The lowest BCUT2D eigenvalue weighted by Gasteiger charge is -2.30. The summed E-state index contributed by atoms with van der Waals surface area (Å²) in [6.07, 6.45) is 3.41. The van der Waals surface area contributed by atoms with Gasteiger partial charge in [0, 0.05) is 24.6 Å². The van der Waals surface area contributed by atoms with Gasteiger partial charge in [0.25, 0.3) is 11.6 Å². The highest BCUT2D eigenvalue weighted by molar-refractivity contribution is 5.98. The SMILES string of the molecule is O=C(NC1CCCCC1CO)c1cc(F)ccc1[N+](=O)[O-]. The number of nitro benzene ring substituents is 1. The number of rotatable bonds is 4. The van der Waals surface area contributed by atoms with Crippen molar-refractivity contribution in [2.45, 2.75) is 31.7 Å². The minimum atomic E-state index is -0.710. The maximum absolute atomic E-state index is 13.2. The molecule has 0 radical (unpaired) electrons. The van der Waals surface area contributed by atoms with E-state index in [2.05, 4.69) is 5.32 Å². The fourth-order valence-electron chi connectivity index (χ4n) is 2.71. The van der Waals surface area contributed by atoms with Gasteiger partial charge in [0.05, 0.1) is 4.92 Å². The molecule has 0 saturated heterocycles. The van der Waals surface area contributed by atoms with E-state index in [1.54, 1.807) is 0 Å². The molecule has 1 aliphatic carbocycles. The molecule has 1 aromatic carbocycles. The van der Waals surface area contributed by atoms with E-state index in [9.17, 15) is 24.4 Å². The fraction of sp³-hybridized carbons (Fsp3) is 0.500. The van der Waals surface area contributed by atoms with E-state index >= 15 is 0 Å². The number of carbonyl (C=O) groups excluding carboxylic acids is 1. The smallest absolute Gasteiger partial charge is 0.282 e. The van der Waals surface area contributed by atoms with Crippen LogP contribution >= 0.6 is 0 Å². The lowest BCUT2D eigenvalue weighted by molar-refractivity contribution is -0.385. The number of carbonyl (C=O) groups is 1. The number of aliphatic hydroxyl groups is 1. The summed E-state index contributed by atoms with van der Waals surface area (Å²) in [5.74, 6) is -1.44. The van der Waals surface area contributed by atoms with E-state index in [4.69, 9.17) is 0 Å². The molecule has 0 heterocycles. The molecule has 2 atom stereocenters. The third-order valence-electron chi connectivity index (χ3n) is 3.86. The highest BCUT2D eigenvalue weighted by Gasteiger charge is 2.28. The number of nitro groups is 1. The Balaban J connectivity index is 2.19. The Morgan fingerprint density at radius 1 is 1.43 bits per heavy atom. The van der Waals surface area contributed by atoms with Gasteiger partial charge in [0.1, 0.15) is 11.4 Å². The van der Waals surface area contributed by atoms with E-state index in [0.717, 1.165) is 37.5 Å². The Hall–Kier alpha value is -2.02. The molecule has 114 valence electrons. The Bertz CT molecular complexity index is 550. The molecule has 2 rings (SSSR count). The standard InChI is InChI=1S/C14H17FN2O4/c15-10-5-6-13(17(20)21)11(7-10)14(19)16-12-4-2-1-3-9(12)8-18/h5-7,9,12,18H,1-4,8H2,(H,16,19). The maximum atomic E-state index is 13.2. The van der Waals surface area contributed by atoms with Gasteiger partial charge in [-0.3, -0.25) is 14.9 Å². The van der Waals surface area contributed by atoms with E-state index in [1.165, 1.54) is 0 Å². The summed E-state index contributed by atoms with van der Waals surface area (Å²) in [7, 11) is 0. The van der Waals surface area contributed by atoms with Crippen molar-refractivity contribution >= 4 is 11.6 Å². The van der Waals surface area contributed by atoms with E-state index in [-0.39, 0.29) is 24.1 Å². The Kier molecular flexibility index (Phi) is 4.85. The predicted molar refractivity (Wildman–Crippen MR) is 73.4 cm³/mol. The second-order valence-electron chi connectivity index (χ2n) is 5.23. The first-order valence-corrected chi connectivity index (χ1v) is 6.88. The summed E-state index contributed by atoms with van der Waals surface area (Å²) in [5.41, 5.74) is -0.715. The molecule has 0 spiro atoms. The average molecular weight is 296 g/mol. The molecule has 21 heavy (non-hydrogen) atoms. The average Bonchev–Trinajstić information content (AvgIpc) is 2.47. The van der Waals surface area contributed by atoms with Crippen molar-refractivity contribution in [3.63, 3.8) is 0 Å². The highest BCUT2D eigenvalue weighted by Crippen LogP contribution is 2.25. The molecule has 0 aromatic heterocycles. The number of nitrogens with zero attached hydrogens (tertiary/aromatic N) is 1. The Morgan fingerprint density at radius 3 is 2.81 bits per heavy atom. The molecule has 1 aliphatic rings. The first-order valence-electron chi connectivity index (χ1n) is 6.88. The summed E-state index contributed by atoms with van der Waals surface area (Å²) < 4.78 is 13.2. The second kappa shape index (κ2) is 6.62. The molecular formula is C14H17FN2O4. The molecule has 1 amide bonds. The van der Waals surface area contributed by atoms with Gasteiger partial charge < -0.3 is 10.4 Å². The van der Waals surface area contributed by atoms with Crippen molar-refractivity contribution in [1.29, 1.82) is 0 Å². The number of aliphatic hydroxyl groups excluding tert-OH is 1. The van der Waals surface area contributed by atoms with Gasteiger partial charge in [-0.1, -0.05) is 12.8 Å². The molecule has 7 heteroatoms. The number of halogens is 1. The van der Waals surface area contributed by atoms with Crippen molar-refractivity contribution in [3.05, 3.63) is 39.7 Å². The van der Waals surface area contributed by atoms with Crippen LogP contribution < -0.4 is 5.32 Å². The van der Waals surface area contributed by atoms with Gasteiger partial charge >= 0.3 is 0 Å². The van der Waals surface area contributed by atoms with Gasteiger partial charge in [0.15, 0.2) is 0 Å². The van der Waals surface area contributed by atoms with E-state index in [0.29, 0.717) is 6.42 Å². The molecule has 1 fully saturated rings. The van der Waals surface area contributed by atoms with Gasteiger partial charge in [-0.15, -0.1) is 0 Å². The number of nitrogens with one attached hydrogen (secondary N) is 1. The monoisotopic (exact) mass is 296 g/mol. The fourth-order valence-corrected chi connectivity index (χ4v) is 2.71. The Morgan fingerprint density at radius 2 is 2.14 bits per heavy atom. The molecule has 2 N–H and O–H groups in total. The number of hydrogen-bond acceptors (Lipinski definition) is 4. The third kappa shape index (κ3) is 3.55. The van der Waals surface area contributed by atoms with Crippen molar-refractivity contribution < 1.29 is 19.2 Å². The van der Waals surface area contributed by atoms with Gasteiger partial charge in [-0.05, 0) is 25.0 Å².